The molecule has 36 heavy (non-hydrogen) atoms. The zero-order valence-corrected chi connectivity index (χ0v) is 22.2. The first kappa shape index (κ1) is 25.6. The molecule has 1 amide bonds. The summed E-state index contributed by atoms with van der Waals surface area (Å²) in [5.74, 6) is 0.391. The summed E-state index contributed by atoms with van der Waals surface area (Å²) in [5.41, 5.74) is 1.63. The fraction of sp³-hybridized carbons (Fsp3) is 0.231. The third-order valence-electron chi connectivity index (χ3n) is 5.72. The van der Waals surface area contributed by atoms with Gasteiger partial charge >= 0.3 is 0 Å². The molecule has 10 heteroatoms. The Labute approximate surface area is 215 Å². The van der Waals surface area contributed by atoms with E-state index in [2.05, 4.69) is 0 Å². The van der Waals surface area contributed by atoms with Crippen LogP contribution in [-0.2, 0) is 10.0 Å². The number of hydrogen-bond donors (Lipinski definition) is 0. The van der Waals surface area contributed by atoms with E-state index in [4.69, 9.17) is 9.72 Å². The Balaban J connectivity index is 1.64. The second-order valence-electron chi connectivity index (χ2n) is 8.40. The van der Waals surface area contributed by atoms with Crippen LogP contribution in [0.4, 0.5) is 10.8 Å². The van der Waals surface area contributed by atoms with Crippen molar-refractivity contribution >= 4 is 48.3 Å². The molecule has 0 aliphatic carbocycles. The Morgan fingerprint density at radius 1 is 0.917 bits per heavy atom. The predicted octanol–water partition coefficient (Wildman–Crippen LogP) is 4.34. The molecule has 1 aromatic heterocycles. The first-order chi connectivity index (χ1) is 17.2. The number of hydrogen-bond acceptors (Lipinski definition) is 7. The molecular weight excluding hydrogens is 496 g/mol. The van der Waals surface area contributed by atoms with E-state index in [0.717, 1.165) is 4.70 Å². The average molecular weight is 525 g/mol. The quantitative estimate of drug-likeness (QED) is 0.324. The van der Waals surface area contributed by atoms with Gasteiger partial charge in [-0.05, 0) is 62.6 Å². The third-order valence-corrected chi connectivity index (χ3v) is 8.56. The van der Waals surface area contributed by atoms with Crippen LogP contribution in [0.5, 0.6) is 5.75 Å². The Morgan fingerprint density at radius 2 is 1.61 bits per heavy atom. The number of rotatable bonds is 9. The van der Waals surface area contributed by atoms with Crippen LogP contribution in [0, 0.1) is 0 Å². The van der Waals surface area contributed by atoms with E-state index in [0.29, 0.717) is 40.7 Å². The van der Waals surface area contributed by atoms with Crippen molar-refractivity contribution < 1.29 is 17.9 Å². The van der Waals surface area contributed by atoms with Gasteiger partial charge < -0.3 is 9.64 Å². The molecule has 0 radical (unpaired) electrons. The molecule has 0 saturated carbocycles. The number of sulfonamides is 1. The van der Waals surface area contributed by atoms with Crippen LogP contribution >= 0.6 is 11.3 Å². The Bertz CT molecular complexity index is 1450. The number of likely N-dealkylation sites (N-methyl/N-ethyl adjacent to an activating group) is 1. The minimum absolute atomic E-state index is 0.106. The van der Waals surface area contributed by atoms with Gasteiger partial charge in [-0.1, -0.05) is 35.6 Å². The number of carbonyl (C=O) groups excluding carboxylic acids is 1. The lowest BCUT2D eigenvalue weighted by atomic mass is 10.2. The van der Waals surface area contributed by atoms with Crippen molar-refractivity contribution in [2.45, 2.75) is 4.90 Å². The maximum Gasteiger partial charge on any atom is 0.264 e. The monoisotopic (exact) mass is 524 g/mol. The number of para-hydroxylation sites is 2. The number of anilines is 2. The number of carbonyl (C=O) groups is 1. The second kappa shape index (κ2) is 10.7. The van der Waals surface area contributed by atoms with Crippen molar-refractivity contribution in [3.8, 4) is 5.75 Å². The molecule has 0 bridgehead atoms. The van der Waals surface area contributed by atoms with E-state index in [-0.39, 0.29) is 10.8 Å². The number of nitrogens with zero attached hydrogens (tertiary/aromatic N) is 4. The zero-order chi connectivity index (χ0) is 25.9. The van der Waals surface area contributed by atoms with Crippen molar-refractivity contribution in [2.24, 2.45) is 0 Å². The Hall–Kier alpha value is -3.47. The van der Waals surface area contributed by atoms with Gasteiger partial charge in [-0.2, -0.15) is 0 Å². The number of fused-ring (bicyclic) bond motifs is 1. The lowest BCUT2D eigenvalue weighted by Gasteiger charge is -2.22. The first-order valence-corrected chi connectivity index (χ1v) is 13.5. The maximum atomic E-state index is 13.6. The topological polar surface area (TPSA) is 83.0 Å². The number of benzene rings is 3. The molecule has 0 aliphatic heterocycles. The number of ether oxygens (including phenoxy) is 1. The molecule has 0 aliphatic rings. The third kappa shape index (κ3) is 5.20. The molecule has 0 N–H and O–H groups in total. The van der Waals surface area contributed by atoms with E-state index in [9.17, 15) is 13.2 Å². The van der Waals surface area contributed by atoms with Crippen molar-refractivity contribution in [3.63, 3.8) is 0 Å². The summed E-state index contributed by atoms with van der Waals surface area (Å²) in [5, 5.41) is 0.557. The van der Waals surface area contributed by atoms with Gasteiger partial charge in [-0.25, -0.2) is 13.4 Å². The van der Waals surface area contributed by atoms with Crippen LogP contribution in [0.3, 0.4) is 0 Å². The van der Waals surface area contributed by atoms with E-state index in [1.54, 1.807) is 48.4 Å². The molecule has 0 saturated heterocycles. The fourth-order valence-corrected chi connectivity index (χ4v) is 5.84. The highest BCUT2D eigenvalue weighted by Gasteiger charge is 2.25. The van der Waals surface area contributed by atoms with Crippen molar-refractivity contribution in [1.29, 1.82) is 0 Å². The summed E-state index contributed by atoms with van der Waals surface area (Å²) in [6, 6.07) is 20.5. The van der Waals surface area contributed by atoms with Gasteiger partial charge in [0.2, 0.25) is 0 Å². The van der Waals surface area contributed by atoms with Crippen LogP contribution in [0.1, 0.15) is 10.4 Å². The zero-order valence-electron chi connectivity index (χ0n) is 20.6. The summed E-state index contributed by atoms with van der Waals surface area (Å²) < 4.78 is 33.8. The highest BCUT2D eigenvalue weighted by Crippen LogP contribution is 2.34. The van der Waals surface area contributed by atoms with Crippen LogP contribution in [-0.4, -0.2) is 65.6 Å². The summed E-state index contributed by atoms with van der Waals surface area (Å²) in [4.78, 5) is 22.0. The number of methoxy groups -OCH3 is 1. The molecule has 4 rings (SSSR count). The summed E-state index contributed by atoms with van der Waals surface area (Å²) in [6.45, 7) is 1.05. The van der Waals surface area contributed by atoms with Gasteiger partial charge in [0.15, 0.2) is 5.13 Å². The van der Waals surface area contributed by atoms with Crippen molar-refractivity contribution in [1.82, 2.24) is 9.88 Å². The van der Waals surface area contributed by atoms with E-state index in [1.165, 1.54) is 34.8 Å². The molecule has 0 spiro atoms. The smallest absolute Gasteiger partial charge is 0.264 e. The largest absolute Gasteiger partial charge is 0.494 e. The highest BCUT2D eigenvalue weighted by molar-refractivity contribution is 7.92. The summed E-state index contributed by atoms with van der Waals surface area (Å²) in [7, 11) is 3.20. The van der Waals surface area contributed by atoms with Crippen LogP contribution < -0.4 is 13.9 Å². The van der Waals surface area contributed by atoms with Gasteiger partial charge in [0.05, 0.1) is 22.4 Å². The lowest BCUT2D eigenvalue weighted by Crippen LogP contribution is -2.36. The van der Waals surface area contributed by atoms with Gasteiger partial charge in [-0.15, -0.1) is 0 Å². The molecule has 0 unspecified atom stereocenters. The van der Waals surface area contributed by atoms with Crippen LogP contribution in [0.15, 0.2) is 77.7 Å². The Kier molecular flexibility index (Phi) is 7.58. The Morgan fingerprint density at radius 3 is 2.25 bits per heavy atom. The van der Waals surface area contributed by atoms with Gasteiger partial charge in [0.25, 0.3) is 15.9 Å². The summed E-state index contributed by atoms with van der Waals surface area (Å²) >= 11 is 1.41. The number of aromatic nitrogens is 1. The first-order valence-electron chi connectivity index (χ1n) is 11.3. The standard InChI is InChI=1S/C26H28N4O4S2/c1-28(2)17-18-30(26-27-24-22(34-4)11-8-12-23(24)35-26)25(31)19-13-15-21(16-14-19)36(32,33)29(3)20-9-6-5-7-10-20/h5-16H,17-18H2,1-4H3. The SMILES string of the molecule is COc1cccc2sc(N(CCN(C)C)C(=O)c3ccc(S(=O)(=O)N(C)c4ccccc4)cc3)nc12. The predicted molar refractivity (Wildman–Crippen MR) is 145 cm³/mol. The molecule has 1 heterocycles. The molecule has 0 atom stereocenters. The molecule has 188 valence electrons. The van der Waals surface area contributed by atoms with Crippen molar-refractivity contribution in [3.05, 3.63) is 78.4 Å². The highest BCUT2D eigenvalue weighted by atomic mass is 32.2. The lowest BCUT2D eigenvalue weighted by molar-refractivity contribution is 0.0985. The average Bonchev–Trinajstić information content (AvgIpc) is 3.32. The molecule has 4 aromatic rings. The molecule has 0 fully saturated rings. The molecular formula is C26H28N4O4S2. The summed E-state index contributed by atoms with van der Waals surface area (Å²) in [6.07, 6.45) is 0. The second-order valence-corrected chi connectivity index (χ2v) is 11.4. The van der Waals surface area contributed by atoms with E-state index < -0.39 is 10.0 Å². The van der Waals surface area contributed by atoms with Crippen molar-refractivity contribution in [2.75, 3.05) is 50.5 Å². The van der Waals surface area contributed by atoms with Gasteiger partial charge in [-0.3, -0.25) is 14.0 Å². The van der Waals surface area contributed by atoms with Crippen LogP contribution in [0.2, 0.25) is 0 Å². The number of amides is 1. The number of thiazole rings is 1. The maximum absolute atomic E-state index is 13.6. The normalized spacial score (nSPS) is 11.6. The minimum atomic E-state index is -3.78. The minimum Gasteiger partial charge on any atom is -0.494 e. The van der Waals surface area contributed by atoms with Gasteiger partial charge in [0, 0.05) is 25.7 Å². The van der Waals surface area contributed by atoms with Crippen LogP contribution in [0.25, 0.3) is 10.2 Å². The van der Waals surface area contributed by atoms with E-state index >= 15 is 0 Å². The van der Waals surface area contributed by atoms with Gasteiger partial charge in [0.1, 0.15) is 11.3 Å². The van der Waals surface area contributed by atoms with E-state index in [1.807, 2.05) is 43.3 Å². The molecule has 8 nitrogen and oxygen atoms in total. The molecule has 3 aromatic carbocycles. The fourth-order valence-electron chi connectivity index (χ4n) is 3.64.